The number of carbonyl (C=O) groups is 1. The van der Waals surface area contributed by atoms with E-state index in [1.54, 1.807) is 36.4 Å². The van der Waals surface area contributed by atoms with Crippen LogP contribution in [0.15, 0.2) is 76.1 Å². The Morgan fingerprint density at radius 3 is 2.56 bits per heavy atom. The average molecular weight is 549 g/mol. The topological polar surface area (TPSA) is 136 Å². The summed E-state index contributed by atoms with van der Waals surface area (Å²) in [5, 5.41) is 11.7. The van der Waals surface area contributed by atoms with Gasteiger partial charge in [0.05, 0.1) is 21.7 Å². The van der Waals surface area contributed by atoms with Gasteiger partial charge < -0.3 is 20.5 Å². The molecule has 0 saturated carbocycles. The molecule has 1 amide bonds. The first-order chi connectivity index (χ1) is 18.5. The van der Waals surface area contributed by atoms with E-state index in [9.17, 15) is 13.2 Å². The van der Waals surface area contributed by atoms with Gasteiger partial charge in [-0.3, -0.25) is 4.79 Å². The van der Waals surface area contributed by atoms with Crippen LogP contribution in [0.1, 0.15) is 16.2 Å². The number of nitrogens with two attached hydrogens (primary N) is 1. The Labute approximate surface area is 223 Å². The lowest BCUT2D eigenvalue weighted by Crippen LogP contribution is -2.17. The zero-order chi connectivity index (χ0) is 27.9. The maximum atomic E-state index is 15.2. The molecule has 0 aliphatic rings. The van der Waals surface area contributed by atoms with Gasteiger partial charge in [-0.25, -0.2) is 17.5 Å². The Bertz CT molecular complexity index is 1830. The lowest BCUT2D eigenvalue weighted by Gasteiger charge is -2.12. The highest BCUT2D eigenvalue weighted by Gasteiger charge is 2.21. The number of hydrogen-bond donors (Lipinski definition) is 2. The molecule has 0 bridgehead atoms. The first-order valence-corrected chi connectivity index (χ1v) is 13.7. The van der Waals surface area contributed by atoms with Gasteiger partial charge in [0.15, 0.2) is 21.2 Å². The van der Waals surface area contributed by atoms with Crippen LogP contribution in [-0.4, -0.2) is 54.5 Å². The van der Waals surface area contributed by atoms with Crippen LogP contribution < -0.4 is 11.1 Å². The number of aromatic nitrogens is 3. The number of sulfone groups is 1. The van der Waals surface area contributed by atoms with Crippen LogP contribution >= 0.6 is 0 Å². The molecule has 2 heterocycles. The number of hydrogen-bond acceptors (Lipinski definition) is 8. The molecule has 39 heavy (non-hydrogen) atoms. The van der Waals surface area contributed by atoms with Crippen molar-refractivity contribution in [3.63, 3.8) is 0 Å². The van der Waals surface area contributed by atoms with E-state index in [-0.39, 0.29) is 33.2 Å². The molecule has 0 saturated heterocycles. The molecule has 0 radical (unpaired) electrons. The minimum absolute atomic E-state index is 0.0171. The SMILES string of the molecule is CN(C)Cc1cc(C(=O)Nc2ccc(-c3ccccc3S(C)(=O)=O)c(F)c2)n(-c2ccc3onc(N)c3c2)n1. The molecule has 0 aliphatic carbocycles. The fraction of sp³-hybridized carbons (Fsp3) is 0.148. The number of fused-ring (bicyclic) bond motifs is 1. The van der Waals surface area contributed by atoms with E-state index >= 15 is 4.39 Å². The van der Waals surface area contributed by atoms with Crippen LogP contribution in [0.2, 0.25) is 0 Å². The van der Waals surface area contributed by atoms with E-state index in [0.717, 1.165) is 12.3 Å². The summed E-state index contributed by atoms with van der Waals surface area (Å²) in [6, 6.07) is 17.1. The Kier molecular flexibility index (Phi) is 6.66. The van der Waals surface area contributed by atoms with Gasteiger partial charge in [0.25, 0.3) is 5.91 Å². The Morgan fingerprint density at radius 1 is 1.08 bits per heavy atom. The predicted octanol–water partition coefficient (Wildman–Crippen LogP) is 4.12. The van der Waals surface area contributed by atoms with Crippen LogP contribution in [0.3, 0.4) is 0 Å². The number of carbonyl (C=O) groups excluding carboxylic acids is 1. The zero-order valence-corrected chi connectivity index (χ0v) is 22.2. The van der Waals surface area contributed by atoms with Gasteiger partial charge in [-0.05, 0) is 62.6 Å². The summed E-state index contributed by atoms with van der Waals surface area (Å²) in [7, 11) is 0.187. The molecular weight excluding hydrogens is 523 g/mol. The van der Waals surface area contributed by atoms with E-state index in [2.05, 4.69) is 15.6 Å². The Morgan fingerprint density at radius 2 is 1.85 bits per heavy atom. The highest BCUT2D eigenvalue weighted by molar-refractivity contribution is 7.90. The summed E-state index contributed by atoms with van der Waals surface area (Å²) >= 11 is 0. The summed E-state index contributed by atoms with van der Waals surface area (Å²) < 4.78 is 46.3. The quantitative estimate of drug-likeness (QED) is 0.310. The molecule has 0 aliphatic heterocycles. The molecule has 0 unspecified atom stereocenters. The van der Waals surface area contributed by atoms with Crippen molar-refractivity contribution < 1.29 is 22.1 Å². The summed E-state index contributed by atoms with van der Waals surface area (Å²) in [6.45, 7) is 0.480. The van der Waals surface area contributed by atoms with Crippen LogP contribution in [0.25, 0.3) is 27.8 Å². The molecule has 0 atom stereocenters. The largest absolute Gasteiger partial charge is 0.380 e. The third-order valence-corrected chi connectivity index (χ3v) is 7.16. The number of halogens is 1. The third-order valence-electron chi connectivity index (χ3n) is 6.00. The standard InChI is InChI=1S/C27H25FN6O4S/c1-33(2)15-17-13-23(34(31-17)18-9-11-24-21(14-18)26(29)32-38-24)27(35)30-16-8-10-19(22(28)12-16)20-6-4-5-7-25(20)39(3,36)37/h4-14H,15H2,1-3H3,(H2,29,32)(H,30,35). The molecule has 200 valence electrons. The number of benzene rings is 3. The average Bonchev–Trinajstić information content (AvgIpc) is 3.46. The van der Waals surface area contributed by atoms with E-state index in [4.69, 9.17) is 10.3 Å². The zero-order valence-electron chi connectivity index (χ0n) is 21.3. The maximum Gasteiger partial charge on any atom is 0.274 e. The van der Waals surface area contributed by atoms with Crippen molar-refractivity contribution in [1.29, 1.82) is 0 Å². The van der Waals surface area contributed by atoms with E-state index in [1.807, 2.05) is 19.0 Å². The van der Waals surface area contributed by atoms with Gasteiger partial charge >= 0.3 is 0 Å². The molecule has 0 fully saturated rings. The fourth-order valence-corrected chi connectivity index (χ4v) is 5.19. The number of amides is 1. The van der Waals surface area contributed by atoms with Crippen molar-refractivity contribution in [2.75, 3.05) is 31.4 Å². The van der Waals surface area contributed by atoms with Gasteiger partial charge in [-0.2, -0.15) is 5.10 Å². The van der Waals surface area contributed by atoms with Crippen LogP contribution in [-0.2, 0) is 16.4 Å². The lowest BCUT2D eigenvalue weighted by atomic mass is 10.0. The fourth-order valence-electron chi connectivity index (χ4n) is 4.29. The highest BCUT2D eigenvalue weighted by atomic mass is 32.2. The van der Waals surface area contributed by atoms with E-state index in [0.29, 0.717) is 28.9 Å². The smallest absolute Gasteiger partial charge is 0.274 e. The van der Waals surface area contributed by atoms with Gasteiger partial charge in [0, 0.05) is 29.6 Å². The van der Waals surface area contributed by atoms with Crippen LogP contribution in [0.5, 0.6) is 0 Å². The van der Waals surface area contributed by atoms with Crippen molar-refractivity contribution in [3.8, 4) is 16.8 Å². The molecule has 10 nitrogen and oxygen atoms in total. The van der Waals surface area contributed by atoms with Crippen molar-refractivity contribution in [2.45, 2.75) is 11.4 Å². The van der Waals surface area contributed by atoms with Gasteiger partial charge in [-0.15, -0.1) is 0 Å². The lowest BCUT2D eigenvalue weighted by molar-refractivity contribution is 0.101. The molecule has 3 N–H and O–H groups in total. The minimum Gasteiger partial charge on any atom is -0.380 e. The molecule has 5 rings (SSSR count). The van der Waals surface area contributed by atoms with Gasteiger partial charge in [0.2, 0.25) is 0 Å². The number of anilines is 2. The molecule has 2 aromatic heterocycles. The molecule has 5 aromatic rings. The first kappa shape index (κ1) is 26.1. The van der Waals surface area contributed by atoms with Gasteiger partial charge in [-0.1, -0.05) is 23.4 Å². The maximum absolute atomic E-state index is 15.2. The van der Waals surface area contributed by atoms with Gasteiger partial charge in [0.1, 0.15) is 11.5 Å². The molecule has 12 heteroatoms. The second-order valence-electron chi connectivity index (χ2n) is 9.34. The molecule has 0 spiro atoms. The van der Waals surface area contributed by atoms with Crippen molar-refractivity contribution in [1.82, 2.24) is 19.8 Å². The Balaban J connectivity index is 1.49. The number of nitrogens with one attached hydrogen (secondary N) is 1. The second kappa shape index (κ2) is 9.97. The highest BCUT2D eigenvalue weighted by Crippen LogP contribution is 2.31. The second-order valence-corrected chi connectivity index (χ2v) is 11.3. The summed E-state index contributed by atoms with van der Waals surface area (Å²) in [4.78, 5) is 15.3. The van der Waals surface area contributed by atoms with E-state index < -0.39 is 21.6 Å². The first-order valence-electron chi connectivity index (χ1n) is 11.8. The monoisotopic (exact) mass is 548 g/mol. The van der Waals surface area contributed by atoms with E-state index in [1.165, 1.54) is 28.9 Å². The predicted molar refractivity (Wildman–Crippen MR) is 146 cm³/mol. The normalized spacial score (nSPS) is 11.8. The Hall–Kier alpha value is -4.55. The van der Waals surface area contributed by atoms with Crippen molar-refractivity contribution >= 4 is 38.2 Å². The van der Waals surface area contributed by atoms with Crippen LogP contribution in [0.4, 0.5) is 15.9 Å². The summed E-state index contributed by atoms with van der Waals surface area (Å²) in [5.74, 6) is -0.986. The third kappa shape index (κ3) is 5.24. The summed E-state index contributed by atoms with van der Waals surface area (Å²) in [5.41, 5.74) is 8.36. The van der Waals surface area contributed by atoms with Crippen LogP contribution in [0, 0.1) is 5.82 Å². The molecule has 3 aromatic carbocycles. The molecular formula is C27H25FN6O4S. The minimum atomic E-state index is -3.58. The summed E-state index contributed by atoms with van der Waals surface area (Å²) in [6.07, 6.45) is 1.07. The number of rotatable bonds is 7. The number of nitrogen functional groups attached to an aromatic ring is 1. The van der Waals surface area contributed by atoms with Crippen molar-refractivity contribution in [3.05, 3.63) is 83.9 Å². The number of nitrogens with zero attached hydrogens (tertiary/aromatic N) is 4. The van der Waals surface area contributed by atoms with Crippen molar-refractivity contribution in [2.24, 2.45) is 0 Å².